The molecular weight excluding hydrogens is 258 g/mol. The summed E-state index contributed by atoms with van der Waals surface area (Å²) in [5.74, 6) is 0.0992. The number of ether oxygens (including phenoxy) is 1. The second kappa shape index (κ2) is 5.59. The summed E-state index contributed by atoms with van der Waals surface area (Å²) in [6.07, 6.45) is -0.626. The molecule has 0 heterocycles. The zero-order valence-electron chi connectivity index (χ0n) is 7.97. The molecule has 2 nitrogen and oxygen atoms in total. The Morgan fingerprint density at radius 2 is 2.13 bits per heavy atom. The van der Waals surface area contributed by atoms with Crippen LogP contribution in [0.2, 0.25) is 10.0 Å². The van der Waals surface area contributed by atoms with E-state index in [1.54, 1.807) is 25.1 Å². The molecule has 1 aromatic rings. The average Bonchev–Trinajstić information content (AvgIpc) is 2.22. The third kappa shape index (κ3) is 3.56. The first-order chi connectivity index (χ1) is 7.04. The number of ketones is 1. The number of benzene rings is 1. The van der Waals surface area contributed by atoms with Gasteiger partial charge in [0, 0.05) is 11.1 Å². The number of alkyl halides is 1. The molecule has 0 amide bonds. The molecule has 0 saturated carbocycles. The van der Waals surface area contributed by atoms with Gasteiger partial charge in [-0.1, -0.05) is 23.2 Å². The van der Waals surface area contributed by atoms with Gasteiger partial charge in [0.25, 0.3) is 0 Å². The average molecular weight is 268 g/mol. The third-order valence-electron chi connectivity index (χ3n) is 1.78. The molecule has 0 aromatic heterocycles. The highest BCUT2D eigenvalue weighted by Crippen LogP contribution is 2.28. The van der Waals surface area contributed by atoms with Crippen molar-refractivity contribution in [3.05, 3.63) is 28.2 Å². The van der Waals surface area contributed by atoms with Gasteiger partial charge in [0.2, 0.25) is 0 Å². The molecule has 15 heavy (non-hydrogen) atoms. The van der Waals surface area contributed by atoms with Crippen molar-refractivity contribution in [1.29, 1.82) is 0 Å². The van der Waals surface area contributed by atoms with Gasteiger partial charge in [-0.15, -0.1) is 11.6 Å². The second-order valence-electron chi connectivity index (χ2n) is 2.93. The summed E-state index contributed by atoms with van der Waals surface area (Å²) in [5.41, 5.74) is 0. The van der Waals surface area contributed by atoms with E-state index in [1.165, 1.54) is 0 Å². The fraction of sp³-hybridized carbons (Fsp3) is 0.300. The Hall–Kier alpha value is -0.440. The van der Waals surface area contributed by atoms with Gasteiger partial charge in [0.05, 0.1) is 10.9 Å². The number of halogens is 3. The van der Waals surface area contributed by atoms with Crippen molar-refractivity contribution < 1.29 is 9.53 Å². The third-order valence-corrected chi connectivity index (χ3v) is 2.59. The Morgan fingerprint density at radius 1 is 1.47 bits per heavy atom. The molecule has 0 saturated heterocycles. The predicted molar refractivity (Wildman–Crippen MR) is 62.3 cm³/mol. The van der Waals surface area contributed by atoms with Gasteiger partial charge < -0.3 is 4.74 Å². The van der Waals surface area contributed by atoms with Gasteiger partial charge in [0.1, 0.15) is 5.75 Å². The van der Waals surface area contributed by atoms with Crippen LogP contribution in [-0.4, -0.2) is 17.8 Å². The summed E-state index contributed by atoms with van der Waals surface area (Å²) >= 11 is 17.0. The van der Waals surface area contributed by atoms with E-state index in [2.05, 4.69) is 0 Å². The van der Waals surface area contributed by atoms with Crippen molar-refractivity contribution in [2.75, 3.05) is 5.88 Å². The topological polar surface area (TPSA) is 26.3 Å². The minimum atomic E-state index is -0.626. The summed E-state index contributed by atoms with van der Waals surface area (Å²) in [5, 5.41) is 0.911. The monoisotopic (exact) mass is 266 g/mol. The molecule has 82 valence electrons. The molecule has 0 spiro atoms. The maximum absolute atomic E-state index is 11.2. The molecular formula is C10H9Cl3O2. The number of carbonyl (C=O) groups is 1. The fourth-order valence-electron chi connectivity index (χ4n) is 0.932. The highest BCUT2D eigenvalue weighted by molar-refractivity contribution is 6.34. The molecule has 0 fully saturated rings. The van der Waals surface area contributed by atoms with E-state index in [9.17, 15) is 4.79 Å². The number of hydrogen-bond donors (Lipinski definition) is 0. The van der Waals surface area contributed by atoms with Gasteiger partial charge in [-0.2, -0.15) is 0 Å². The smallest absolute Gasteiger partial charge is 0.187 e. The van der Waals surface area contributed by atoms with Gasteiger partial charge in [-0.3, -0.25) is 4.79 Å². The highest BCUT2D eigenvalue weighted by Gasteiger charge is 2.14. The lowest BCUT2D eigenvalue weighted by Crippen LogP contribution is -2.24. The van der Waals surface area contributed by atoms with Crippen molar-refractivity contribution in [2.45, 2.75) is 13.0 Å². The molecule has 5 heteroatoms. The molecule has 1 aromatic carbocycles. The zero-order chi connectivity index (χ0) is 11.4. The van der Waals surface area contributed by atoms with Crippen molar-refractivity contribution in [3.63, 3.8) is 0 Å². The Kier molecular flexibility index (Phi) is 4.71. The van der Waals surface area contributed by atoms with Crippen molar-refractivity contribution in [1.82, 2.24) is 0 Å². The Bertz CT molecular complexity index is 366. The van der Waals surface area contributed by atoms with Gasteiger partial charge in [0.15, 0.2) is 11.9 Å². The number of hydrogen-bond acceptors (Lipinski definition) is 2. The van der Waals surface area contributed by atoms with Crippen LogP contribution in [-0.2, 0) is 4.79 Å². The summed E-state index contributed by atoms with van der Waals surface area (Å²) < 4.78 is 5.33. The molecule has 0 aliphatic carbocycles. The van der Waals surface area contributed by atoms with Gasteiger partial charge in [-0.05, 0) is 19.1 Å². The summed E-state index contributed by atoms with van der Waals surface area (Å²) in [6.45, 7) is 1.61. The van der Waals surface area contributed by atoms with Crippen molar-refractivity contribution in [3.8, 4) is 5.75 Å². The van der Waals surface area contributed by atoms with Gasteiger partial charge >= 0.3 is 0 Å². The molecule has 0 N–H and O–H groups in total. The van der Waals surface area contributed by atoms with Crippen LogP contribution in [0.15, 0.2) is 18.2 Å². The first-order valence-electron chi connectivity index (χ1n) is 4.25. The lowest BCUT2D eigenvalue weighted by atomic mass is 10.3. The summed E-state index contributed by atoms with van der Waals surface area (Å²) in [4.78, 5) is 11.2. The quantitative estimate of drug-likeness (QED) is 0.780. The summed E-state index contributed by atoms with van der Waals surface area (Å²) in [7, 11) is 0. The number of carbonyl (C=O) groups excluding carboxylic acids is 1. The maximum Gasteiger partial charge on any atom is 0.187 e. The number of rotatable bonds is 4. The Morgan fingerprint density at radius 3 is 2.73 bits per heavy atom. The van der Waals surface area contributed by atoms with E-state index in [4.69, 9.17) is 39.5 Å². The number of Topliss-reactive ketones (excluding diaryl/α,β-unsaturated/α-hetero) is 1. The summed E-state index contributed by atoms with van der Waals surface area (Å²) in [6, 6.07) is 4.81. The van der Waals surface area contributed by atoms with Crippen LogP contribution in [0.5, 0.6) is 5.75 Å². The minimum Gasteiger partial charge on any atom is -0.481 e. The van der Waals surface area contributed by atoms with Crippen LogP contribution in [0.3, 0.4) is 0 Å². The van der Waals surface area contributed by atoms with E-state index in [0.29, 0.717) is 15.8 Å². The standard InChI is InChI=1S/C10H9Cl3O2/c1-6(9(14)5-11)15-10-4-7(12)2-3-8(10)13/h2-4,6H,5H2,1H3. The fourth-order valence-corrected chi connectivity index (χ4v) is 1.47. The lowest BCUT2D eigenvalue weighted by Gasteiger charge is -2.13. The van der Waals surface area contributed by atoms with Crippen LogP contribution in [0.25, 0.3) is 0 Å². The van der Waals surface area contributed by atoms with Crippen LogP contribution >= 0.6 is 34.8 Å². The van der Waals surface area contributed by atoms with E-state index < -0.39 is 6.10 Å². The largest absolute Gasteiger partial charge is 0.481 e. The van der Waals surface area contributed by atoms with Crippen molar-refractivity contribution >= 4 is 40.6 Å². The molecule has 1 unspecified atom stereocenters. The molecule has 1 rings (SSSR count). The van der Waals surface area contributed by atoms with Crippen LogP contribution in [0, 0.1) is 0 Å². The van der Waals surface area contributed by atoms with E-state index in [-0.39, 0.29) is 11.7 Å². The van der Waals surface area contributed by atoms with E-state index >= 15 is 0 Å². The maximum atomic E-state index is 11.2. The predicted octanol–water partition coefficient (Wildman–Crippen LogP) is 3.57. The molecule has 0 aliphatic rings. The molecule has 0 aliphatic heterocycles. The first-order valence-corrected chi connectivity index (χ1v) is 5.54. The Balaban J connectivity index is 2.80. The lowest BCUT2D eigenvalue weighted by molar-refractivity contribution is -0.122. The second-order valence-corrected chi connectivity index (χ2v) is 4.05. The van der Waals surface area contributed by atoms with Crippen LogP contribution < -0.4 is 4.74 Å². The van der Waals surface area contributed by atoms with Gasteiger partial charge in [-0.25, -0.2) is 0 Å². The normalized spacial score (nSPS) is 12.3. The Labute approximate surface area is 103 Å². The van der Waals surface area contributed by atoms with Crippen LogP contribution in [0.1, 0.15) is 6.92 Å². The molecule has 1 atom stereocenters. The van der Waals surface area contributed by atoms with E-state index in [0.717, 1.165) is 0 Å². The highest BCUT2D eigenvalue weighted by atomic mass is 35.5. The molecule has 0 radical (unpaired) electrons. The zero-order valence-corrected chi connectivity index (χ0v) is 10.2. The minimum absolute atomic E-state index is 0.0840. The molecule has 0 bridgehead atoms. The SMILES string of the molecule is CC(Oc1cc(Cl)ccc1Cl)C(=O)CCl. The van der Waals surface area contributed by atoms with Crippen molar-refractivity contribution in [2.24, 2.45) is 0 Å². The van der Waals surface area contributed by atoms with E-state index in [1.807, 2.05) is 0 Å². The first kappa shape index (κ1) is 12.6. The van der Waals surface area contributed by atoms with Crippen LogP contribution in [0.4, 0.5) is 0 Å².